The summed E-state index contributed by atoms with van der Waals surface area (Å²) in [6, 6.07) is 13.7. The number of aromatic nitrogens is 4. The van der Waals surface area contributed by atoms with Crippen molar-refractivity contribution in [2.24, 2.45) is 0 Å². The van der Waals surface area contributed by atoms with Crippen molar-refractivity contribution in [1.82, 2.24) is 24.5 Å². The van der Waals surface area contributed by atoms with E-state index in [1.807, 2.05) is 30.9 Å². The monoisotopic (exact) mass is 519 g/mol. The van der Waals surface area contributed by atoms with Gasteiger partial charge < -0.3 is 14.4 Å². The van der Waals surface area contributed by atoms with Gasteiger partial charge in [-0.25, -0.2) is 14.5 Å². The molecule has 4 aromatic rings. The molecule has 4 aliphatic rings. The van der Waals surface area contributed by atoms with Gasteiger partial charge in [0.15, 0.2) is 0 Å². The number of anilines is 1. The Hall–Kier alpha value is -4.42. The lowest BCUT2D eigenvalue weighted by Crippen LogP contribution is -2.68. The molecule has 4 aromatic heterocycles. The van der Waals surface area contributed by atoms with Gasteiger partial charge in [0.2, 0.25) is 5.88 Å². The highest BCUT2D eigenvalue weighted by Crippen LogP contribution is 2.37. The van der Waals surface area contributed by atoms with Crippen LogP contribution >= 0.6 is 0 Å². The topological polar surface area (TPSA) is 91.8 Å². The second-order valence-corrected chi connectivity index (χ2v) is 10.5. The highest BCUT2D eigenvalue weighted by molar-refractivity contribution is 5.87. The maximum Gasteiger partial charge on any atom is 0.212 e. The van der Waals surface area contributed by atoms with Crippen molar-refractivity contribution in [3.63, 3.8) is 0 Å². The van der Waals surface area contributed by atoms with Gasteiger partial charge in [0.25, 0.3) is 0 Å². The molecule has 39 heavy (non-hydrogen) atoms. The first-order valence-electron chi connectivity index (χ1n) is 13.4. The van der Waals surface area contributed by atoms with Gasteiger partial charge in [0, 0.05) is 67.5 Å². The maximum absolute atomic E-state index is 9.73. The summed E-state index contributed by atoms with van der Waals surface area (Å²) in [4.78, 5) is 14.2. The third kappa shape index (κ3) is 4.27. The Bertz CT molecular complexity index is 1570. The predicted molar refractivity (Wildman–Crippen MR) is 147 cm³/mol. The highest BCUT2D eigenvalue weighted by atomic mass is 16.5. The third-order valence-electron chi connectivity index (χ3n) is 8.14. The number of ether oxygens (including phenoxy) is 2. The normalized spacial score (nSPS) is 20.6. The Balaban J connectivity index is 1.11. The zero-order valence-electron chi connectivity index (χ0n) is 21.8. The number of allylic oxidation sites excluding steroid dienone is 1. The molecule has 9 heteroatoms. The van der Waals surface area contributed by atoms with Crippen molar-refractivity contribution in [3.05, 3.63) is 78.1 Å². The van der Waals surface area contributed by atoms with Gasteiger partial charge in [-0.2, -0.15) is 10.4 Å². The van der Waals surface area contributed by atoms with Crippen LogP contribution in [0, 0.1) is 11.3 Å². The summed E-state index contributed by atoms with van der Waals surface area (Å²) in [6.07, 6.45) is 12.5. The Labute approximate surface area is 226 Å². The molecule has 0 aliphatic carbocycles. The van der Waals surface area contributed by atoms with Crippen LogP contribution in [0.1, 0.15) is 36.0 Å². The zero-order valence-corrected chi connectivity index (χ0v) is 21.8. The molecule has 2 unspecified atom stereocenters. The van der Waals surface area contributed by atoms with E-state index in [0.29, 0.717) is 23.5 Å². The molecule has 0 N–H and O–H groups in total. The van der Waals surface area contributed by atoms with Crippen LogP contribution in [0.25, 0.3) is 22.2 Å². The van der Waals surface area contributed by atoms with Crippen LogP contribution < -0.4 is 9.64 Å². The van der Waals surface area contributed by atoms with Crippen LogP contribution in [0.15, 0.2) is 61.4 Å². The van der Waals surface area contributed by atoms with Crippen molar-refractivity contribution >= 4 is 16.9 Å². The van der Waals surface area contributed by atoms with Gasteiger partial charge in [-0.15, -0.1) is 0 Å². The van der Waals surface area contributed by atoms with Gasteiger partial charge >= 0.3 is 0 Å². The lowest BCUT2D eigenvalue weighted by Gasteiger charge is -2.56. The Kier molecular flexibility index (Phi) is 5.90. The average molecular weight is 520 g/mol. The molecule has 2 bridgehead atoms. The summed E-state index contributed by atoms with van der Waals surface area (Å²) < 4.78 is 12.6. The summed E-state index contributed by atoms with van der Waals surface area (Å²) in [5.41, 5.74) is 6.68. The number of nitrogens with zero attached hydrogens (tertiary/aromatic N) is 7. The van der Waals surface area contributed by atoms with Gasteiger partial charge in [0.05, 0.1) is 37.3 Å². The lowest BCUT2D eigenvalue weighted by molar-refractivity contribution is -0.00876. The SMILES string of the molecule is COc1ccc(CN2C3CC2CN(c2ccc(-c4cc(C5=COCCC5)cn5ncc(C#N)c45)cn2)C3)cn1. The lowest BCUT2D eigenvalue weighted by atomic mass is 9.87. The molecular formula is C30H29N7O2. The fourth-order valence-corrected chi connectivity index (χ4v) is 6.08. The van der Waals surface area contributed by atoms with E-state index in [2.05, 4.69) is 50.2 Å². The number of nitriles is 1. The van der Waals surface area contributed by atoms with Gasteiger partial charge in [-0.3, -0.25) is 4.90 Å². The van der Waals surface area contributed by atoms with E-state index in [1.165, 1.54) is 12.0 Å². The van der Waals surface area contributed by atoms with Crippen LogP contribution in [0.4, 0.5) is 5.82 Å². The number of fused-ring (bicyclic) bond motifs is 3. The summed E-state index contributed by atoms with van der Waals surface area (Å²) in [5.74, 6) is 1.64. The second kappa shape index (κ2) is 9.71. The second-order valence-electron chi connectivity index (χ2n) is 10.5. The van der Waals surface area contributed by atoms with E-state index in [9.17, 15) is 5.26 Å². The minimum atomic E-state index is 0.514. The molecule has 0 spiro atoms. The number of pyridine rings is 3. The number of piperidine rings is 1. The largest absolute Gasteiger partial charge is 0.501 e. The van der Waals surface area contributed by atoms with Gasteiger partial charge in [-0.05, 0) is 54.2 Å². The zero-order chi connectivity index (χ0) is 26.3. The molecule has 4 aliphatic heterocycles. The van der Waals surface area contributed by atoms with E-state index in [4.69, 9.17) is 14.5 Å². The molecule has 0 saturated carbocycles. The van der Waals surface area contributed by atoms with E-state index in [-0.39, 0.29) is 0 Å². The van der Waals surface area contributed by atoms with E-state index >= 15 is 0 Å². The number of piperazine rings is 1. The minimum Gasteiger partial charge on any atom is -0.501 e. The summed E-state index contributed by atoms with van der Waals surface area (Å²) >= 11 is 0. The molecule has 8 heterocycles. The quantitative estimate of drug-likeness (QED) is 0.373. The number of hydrogen-bond acceptors (Lipinski definition) is 8. The summed E-state index contributed by atoms with van der Waals surface area (Å²) in [7, 11) is 1.64. The maximum atomic E-state index is 9.73. The Morgan fingerprint density at radius 2 is 1.97 bits per heavy atom. The van der Waals surface area contributed by atoms with E-state index in [0.717, 1.165) is 72.7 Å². The standard InChI is InChI=1S/C30H29N7O2/c1-38-29-7-4-20(12-33-29)15-36-25-10-26(36)18-35(17-25)28-6-5-21(13-32-28)27-9-23(22-3-2-8-39-19-22)16-37-30(27)24(11-31)14-34-37/h4-7,9,12-14,16,19,25-26H,2-3,8,10,15,17-18H2,1H3. The molecule has 0 amide bonds. The Morgan fingerprint density at radius 3 is 2.67 bits per heavy atom. The highest BCUT2D eigenvalue weighted by Gasteiger charge is 2.44. The average Bonchev–Trinajstić information content (AvgIpc) is 3.43. The van der Waals surface area contributed by atoms with E-state index in [1.54, 1.807) is 17.8 Å². The molecule has 2 atom stereocenters. The summed E-state index contributed by atoms with van der Waals surface area (Å²) in [5, 5.41) is 14.2. The first-order chi connectivity index (χ1) is 19.2. The first kappa shape index (κ1) is 23.7. The fourth-order valence-electron chi connectivity index (χ4n) is 6.08. The van der Waals surface area contributed by atoms with Crippen molar-refractivity contribution in [2.75, 3.05) is 31.7 Å². The van der Waals surface area contributed by atoms with Crippen LogP contribution in [0.5, 0.6) is 5.88 Å². The molecule has 3 fully saturated rings. The first-order valence-corrected chi connectivity index (χ1v) is 13.4. The number of rotatable bonds is 6. The van der Waals surface area contributed by atoms with Crippen LogP contribution in [0.3, 0.4) is 0 Å². The smallest absolute Gasteiger partial charge is 0.212 e. The van der Waals surface area contributed by atoms with Gasteiger partial charge in [0.1, 0.15) is 11.9 Å². The van der Waals surface area contributed by atoms with Gasteiger partial charge in [-0.1, -0.05) is 6.07 Å². The number of hydrogen-bond donors (Lipinski definition) is 0. The van der Waals surface area contributed by atoms with E-state index < -0.39 is 0 Å². The molecule has 8 rings (SSSR count). The molecule has 196 valence electrons. The predicted octanol–water partition coefficient (Wildman–Crippen LogP) is 4.29. The van der Waals surface area contributed by atoms with Crippen molar-refractivity contribution in [3.8, 4) is 23.1 Å². The third-order valence-corrected chi connectivity index (χ3v) is 8.14. The van der Waals surface area contributed by atoms with Crippen molar-refractivity contribution in [2.45, 2.75) is 37.9 Å². The molecule has 9 nitrogen and oxygen atoms in total. The van der Waals surface area contributed by atoms with Crippen LogP contribution in [-0.2, 0) is 11.3 Å². The van der Waals surface area contributed by atoms with Crippen LogP contribution in [0.2, 0.25) is 0 Å². The van der Waals surface area contributed by atoms with Crippen molar-refractivity contribution in [1.29, 1.82) is 5.26 Å². The minimum absolute atomic E-state index is 0.514. The summed E-state index contributed by atoms with van der Waals surface area (Å²) in [6.45, 7) is 3.58. The molecule has 3 saturated heterocycles. The fraction of sp³-hybridized carbons (Fsp3) is 0.333. The number of methoxy groups -OCH3 is 1. The molecule has 0 aromatic carbocycles. The van der Waals surface area contributed by atoms with Crippen molar-refractivity contribution < 1.29 is 9.47 Å². The molecular weight excluding hydrogens is 490 g/mol. The Morgan fingerprint density at radius 1 is 1.08 bits per heavy atom. The van der Waals surface area contributed by atoms with Crippen LogP contribution in [-0.4, -0.2) is 63.4 Å². The molecule has 0 radical (unpaired) electrons.